The lowest BCUT2D eigenvalue weighted by Gasteiger charge is -2.15. The van der Waals surface area contributed by atoms with Gasteiger partial charge in [-0.15, -0.1) is 0 Å². The molecule has 5 heteroatoms. The van der Waals surface area contributed by atoms with Crippen molar-refractivity contribution in [3.63, 3.8) is 0 Å². The number of hydrogen-bond donors (Lipinski definition) is 2. The van der Waals surface area contributed by atoms with Crippen LogP contribution in [-0.4, -0.2) is 22.2 Å². The summed E-state index contributed by atoms with van der Waals surface area (Å²) in [6.45, 7) is 1.79. The molecule has 108 valence electrons. The quantitative estimate of drug-likeness (QED) is 0.904. The Morgan fingerprint density at radius 3 is 2.14 bits per heavy atom. The van der Waals surface area contributed by atoms with Gasteiger partial charge in [-0.05, 0) is 35.4 Å². The van der Waals surface area contributed by atoms with Crippen LogP contribution in [0.2, 0.25) is 0 Å². The van der Waals surface area contributed by atoms with Crippen LogP contribution in [0.3, 0.4) is 0 Å². The van der Waals surface area contributed by atoms with Crippen LogP contribution < -0.4 is 0 Å². The van der Waals surface area contributed by atoms with Crippen LogP contribution in [0.15, 0.2) is 42.5 Å². The first-order valence-corrected chi connectivity index (χ1v) is 6.26. The lowest BCUT2D eigenvalue weighted by atomic mass is 9.88. The van der Waals surface area contributed by atoms with E-state index in [0.29, 0.717) is 5.56 Å². The van der Waals surface area contributed by atoms with Crippen LogP contribution in [-0.2, 0) is 0 Å². The second kappa shape index (κ2) is 5.75. The number of carboxylic acid groups (broad SMARTS) is 2. The van der Waals surface area contributed by atoms with Crippen molar-refractivity contribution >= 4 is 11.9 Å². The van der Waals surface area contributed by atoms with Crippen molar-refractivity contribution < 1.29 is 24.2 Å². The smallest absolute Gasteiger partial charge is 0.336 e. The molecule has 1 atom stereocenters. The van der Waals surface area contributed by atoms with Gasteiger partial charge in [0.1, 0.15) is 5.82 Å². The van der Waals surface area contributed by atoms with E-state index in [4.69, 9.17) is 5.11 Å². The van der Waals surface area contributed by atoms with Crippen molar-refractivity contribution in [2.45, 2.75) is 12.8 Å². The maximum absolute atomic E-state index is 12.9. The van der Waals surface area contributed by atoms with Gasteiger partial charge in [-0.25, -0.2) is 14.0 Å². The van der Waals surface area contributed by atoms with Crippen LogP contribution >= 0.6 is 0 Å². The largest absolute Gasteiger partial charge is 0.478 e. The monoisotopic (exact) mass is 288 g/mol. The van der Waals surface area contributed by atoms with Crippen molar-refractivity contribution in [1.82, 2.24) is 0 Å². The average molecular weight is 288 g/mol. The lowest BCUT2D eigenvalue weighted by Crippen LogP contribution is -2.09. The van der Waals surface area contributed by atoms with Gasteiger partial charge in [-0.1, -0.05) is 25.1 Å². The Hall–Kier alpha value is -2.69. The Kier molecular flexibility index (Phi) is 4.03. The van der Waals surface area contributed by atoms with Gasteiger partial charge in [0.25, 0.3) is 0 Å². The molecular formula is C16H13FO4. The molecule has 2 N–H and O–H groups in total. The molecule has 0 heterocycles. The molecule has 0 spiro atoms. The number of benzene rings is 2. The molecule has 0 aliphatic heterocycles. The maximum atomic E-state index is 12.9. The van der Waals surface area contributed by atoms with Gasteiger partial charge < -0.3 is 10.2 Å². The lowest BCUT2D eigenvalue weighted by molar-refractivity contribution is 0.0695. The second-order valence-electron chi connectivity index (χ2n) is 4.69. The molecule has 0 aromatic heterocycles. The molecule has 2 rings (SSSR count). The highest BCUT2D eigenvalue weighted by atomic mass is 19.1. The minimum Gasteiger partial charge on any atom is -0.478 e. The highest BCUT2D eigenvalue weighted by Gasteiger charge is 2.19. The SMILES string of the molecule is CC(c1ccc(F)cc1)c1ccc(C(=O)O)cc1C(=O)O. The van der Waals surface area contributed by atoms with Gasteiger partial charge in [0.2, 0.25) is 0 Å². The molecule has 0 bridgehead atoms. The van der Waals surface area contributed by atoms with Crippen molar-refractivity contribution in [3.8, 4) is 0 Å². The third-order valence-electron chi connectivity index (χ3n) is 3.37. The number of carboxylic acids is 2. The molecule has 1 unspecified atom stereocenters. The molecular weight excluding hydrogens is 275 g/mol. The first kappa shape index (κ1) is 14.7. The molecule has 0 radical (unpaired) electrons. The van der Waals surface area contributed by atoms with Crippen LogP contribution in [0.4, 0.5) is 4.39 Å². The van der Waals surface area contributed by atoms with Gasteiger partial charge in [0.05, 0.1) is 11.1 Å². The predicted octanol–water partition coefficient (Wildman–Crippen LogP) is 3.37. The van der Waals surface area contributed by atoms with E-state index in [-0.39, 0.29) is 22.9 Å². The predicted molar refractivity (Wildman–Crippen MR) is 74.3 cm³/mol. The van der Waals surface area contributed by atoms with Gasteiger partial charge in [-0.3, -0.25) is 0 Å². The summed E-state index contributed by atoms with van der Waals surface area (Å²) < 4.78 is 12.9. The van der Waals surface area contributed by atoms with Crippen molar-refractivity contribution in [1.29, 1.82) is 0 Å². The number of hydrogen-bond acceptors (Lipinski definition) is 2. The fourth-order valence-corrected chi connectivity index (χ4v) is 2.18. The normalized spacial score (nSPS) is 11.9. The fourth-order valence-electron chi connectivity index (χ4n) is 2.18. The number of rotatable bonds is 4. The summed E-state index contributed by atoms with van der Waals surface area (Å²) in [5.74, 6) is -3.04. The highest BCUT2D eigenvalue weighted by Crippen LogP contribution is 2.28. The summed E-state index contributed by atoms with van der Waals surface area (Å²) in [7, 11) is 0. The van der Waals surface area contributed by atoms with Crippen molar-refractivity contribution in [3.05, 3.63) is 70.5 Å². The highest BCUT2D eigenvalue weighted by molar-refractivity contribution is 5.95. The zero-order valence-corrected chi connectivity index (χ0v) is 11.2. The molecule has 0 saturated heterocycles. The maximum Gasteiger partial charge on any atom is 0.336 e. The fraction of sp³-hybridized carbons (Fsp3) is 0.125. The van der Waals surface area contributed by atoms with Gasteiger partial charge in [-0.2, -0.15) is 0 Å². The Labute approximate surface area is 120 Å². The number of halogens is 1. The Morgan fingerprint density at radius 2 is 1.62 bits per heavy atom. The summed E-state index contributed by atoms with van der Waals surface area (Å²) >= 11 is 0. The van der Waals surface area contributed by atoms with Crippen LogP contribution in [0.1, 0.15) is 44.7 Å². The Bertz CT molecular complexity index is 692. The third-order valence-corrected chi connectivity index (χ3v) is 3.37. The van der Waals surface area contributed by atoms with Gasteiger partial charge in [0.15, 0.2) is 0 Å². The molecule has 0 aliphatic rings. The molecule has 2 aromatic rings. The first-order chi connectivity index (χ1) is 9.90. The summed E-state index contributed by atoms with van der Waals surface area (Å²) in [6, 6.07) is 9.76. The molecule has 4 nitrogen and oxygen atoms in total. The average Bonchev–Trinajstić information content (AvgIpc) is 2.46. The van der Waals surface area contributed by atoms with Gasteiger partial charge >= 0.3 is 11.9 Å². The first-order valence-electron chi connectivity index (χ1n) is 6.26. The van der Waals surface area contributed by atoms with E-state index in [1.54, 1.807) is 19.1 Å². The van der Waals surface area contributed by atoms with Crippen molar-refractivity contribution in [2.24, 2.45) is 0 Å². The van der Waals surface area contributed by atoms with Crippen LogP contribution in [0, 0.1) is 5.82 Å². The molecule has 0 aliphatic carbocycles. The number of aromatic carboxylic acids is 2. The molecule has 0 saturated carbocycles. The topological polar surface area (TPSA) is 74.6 Å². The van der Waals surface area contributed by atoms with E-state index < -0.39 is 11.9 Å². The van der Waals surface area contributed by atoms with Crippen LogP contribution in [0.25, 0.3) is 0 Å². The van der Waals surface area contributed by atoms with Gasteiger partial charge in [0, 0.05) is 5.92 Å². The van der Waals surface area contributed by atoms with E-state index in [2.05, 4.69) is 0 Å². The molecule has 2 aromatic carbocycles. The third kappa shape index (κ3) is 3.08. The standard InChI is InChI=1S/C16H13FO4/c1-9(10-2-5-12(17)6-3-10)13-7-4-11(15(18)19)8-14(13)16(20)21/h2-9H,1H3,(H,18,19)(H,20,21). The minimum absolute atomic E-state index is 0.0632. The zero-order valence-electron chi connectivity index (χ0n) is 11.2. The Morgan fingerprint density at radius 1 is 1.00 bits per heavy atom. The van der Waals surface area contributed by atoms with E-state index in [0.717, 1.165) is 11.6 Å². The van der Waals surface area contributed by atoms with Crippen LogP contribution in [0.5, 0.6) is 0 Å². The minimum atomic E-state index is -1.19. The van der Waals surface area contributed by atoms with E-state index >= 15 is 0 Å². The number of carbonyl (C=O) groups is 2. The van der Waals surface area contributed by atoms with E-state index in [9.17, 15) is 19.1 Å². The zero-order chi connectivity index (χ0) is 15.6. The molecule has 0 fully saturated rings. The summed E-state index contributed by atoms with van der Waals surface area (Å²) in [5, 5.41) is 18.2. The van der Waals surface area contributed by atoms with E-state index in [1.807, 2.05) is 0 Å². The summed E-state index contributed by atoms with van der Waals surface area (Å²) in [5.41, 5.74) is 1.09. The van der Waals surface area contributed by atoms with E-state index in [1.165, 1.54) is 24.3 Å². The summed E-state index contributed by atoms with van der Waals surface area (Å²) in [6.07, 6.45) is 0. The molecule has 0 amide bonds. The Balaban J connectivity index is 2.49. The van der Waals surface area contributed by atoms with Crippen molar-refractivity contribution in [2.75, 3.05) is 0 Å². The summed E-state index contributed by atoms with van der Waals surface area (Å²) in [4.78, 5) is 22.3. The molecule has 21 heavy (non-hydrogen) atoms. The second-order valence-corrected chi connectivity index (χ2v) is 4.69.